The summed E-state index contributed by atoms with van der Waals surface area (Å²) in [6.07, 6.45) is 5.76. The van der Waals surface area contributed by atoms with Crippen molar-refractivity contribution in [1.29, 1.82) is 0 Å². The van der Waals surface area contributed by atoms with Gasteiger partial charge in [0.05, 0.1) is 44.9 Å². The molecule has 39 heavy (non-hydrogen) atoms. The van der Waals surface area contributed by atoms with Crippen LogP contribution in [0.5, 0.6) is 5.75 Å². The van der Waals surface area contributed by atoms with E-state index in [-0.39, 0.29) is 35.6 Å². The SMILES string of the molecule is C#CCN(c1ccc(N(CC(=O)OC)S(=O)(=O)c2ccc(OC)c(C)c2)c2ccccc12)[C@@H](C)CC(=O)OC. The number of terminal acetylenes is 1. The molecule has 0 N–H and O–H groups in total. The lowest BCUT2D eigenvalue weighted by atomic mass is 10.0. The smallest absolute Gasteiger partial charge is 0.326 e. The summed E-state index contributed by atoms with van der Waals surface area (Å²) in [6.45, 7) is 3.26. The van der Waals surface area contributed by atoms with Gasteiger partial charge in [0.2, 0.25) is 0 Å². The fraction of sp³-hybridized carbons (Fsp3) is 0.310. The predicted molar refractivity (Wildman–Crippen MR) is 151 cm³/mol. The van der Waals surface area contributed by atoms with E-state index in [4.69, 9.17) is 20.6 Å². The Morgan fingerprint density at radius 3 is 2.13 bits per heavy atom. The van der Waals surface area contributed by atoms with Crippen LogP contribution in [-0.2, 0) is 29.1 Å². The molecule has 0 unspecified atom stereocenters. The molecule has 1 atom stereocenters. The number of carbonyl (C=O) groups excluding carboxylic acids is 2. The molecule has 206 valence electrons. The normalized spacial score (nSPS) is 11.8. The number of aryl methyl sites for hydroxylation is 1. The van der Waals surface area contributed by atoms with E-state index in [1.54, 1.807) is 37.3 Å². The number of rotatable bonds is 11. The summed E-state index contributed by atoms with van der Waals surface area (Å²) in [7, 11) is -0.179. The molecule has 3 aromatic carbocycles. The lowest BCUT2D eigenvalue weighted by molar-refractivity contribution is -0.141. The quantitative estimate of drug-likeness (QED) is 0.261. The molecule has 0 bridgehead atoms. The summed E-state index contributed by atoms with van der Waals surface area (Å²) in [5.74, 6) is 2.07. The molecule has 0 saturated heterocycles. The van der Waals surface area contributed by atoms with Gasteiger partial charge in [-0.05, 0) is 49.7 Å². The summed E-state index contributed by atoms with van der Waals surface area (Å²) in [5.41, 5.74) is 1.62. The van der Waals surface area contributed by atoms with Crippen LogP contribution in [0.4, 0.5) is 11.4 Å². The first-order valence-electron chi connectivity index (χ1n) is 12.1. The van der Waals surface area contributed by atoms with Crippen LogP contribution < -0.4 is 13.9 Å². The van der Waals surface area contributed by atoms with E-state index < -0.39 is 22.5 Å². The fourth-order valence-corrected chi connectivity index (χ4v) is 5.88. The van der Waals surface area contributed by atoms with Gasteiger partial charge in [0.25, 0.3) is 10.0 Å². The Bertz CT molecular complexity index is 1510. The van der Waals surface area contributed by atoms with Crippen LogP contribution in [-0.4, -0.2) is 60.8 Å². The van der Waals surface area contributed by atoms with Gasteiger partial charge in [0.1, 0.15) is 12.3 Å². The van der Waals surface area contributed by atoms with Crippen molar-refractivity contribution in [2.45, 2.75) is 31.2 Å². The van der Waals surface area contributed by atoms with Crippen LogP contribution in [0.1, 0.15) is 18.9 Å². The van der Waals surface area contributed by atoms with Crippen LogP contribution in [0.3, 0.4) is 0 Å². The van der Waals surface area contributed by atoms with Gasteiger partial charge < -0.3 is 19.1 Å². The van der Waals surface area contributed by atoms with E-state index in [2.05, 4.69) is 5.92 Å². The van der Waals surface area contributed by atoms with Crippen molar-refractivity contribution in [1.82, 2.24) is 0 Å². The van der Waals surface area contributed by atoms with Gasteiger partial charge in [-0.2, -0.15) is 0 Å². The monoisotopic (exact) mass is 552 g/mol. The molecule has 0 aromatic heterocycles. The number of esters is 2. The van der Waals surface area contributed by atoms with Gasteiger partial charge in [-0.3, -0.25) is 13.9 Å². The van der Waals surface area contributed by atoms with Crippen molar-refractivity contribution in [2.75, 3.05) is 43.6 Å². The van der Waals surface area contributed by atoms with E-state index in [0.717, 1.165) is 4.31 Å². The van der Waals surface area contributed by atoms with Crippen molar-refractivity contribution >= 4 is 44.1 Å². The highest BCUT2D eigenvalue weighted by Crippen LogP contribution is 2.38. The molecular formula is C29H32N2O7S. The van der Waals surface area contributed by atoms with Crippen LogP contribution in [0.15, 0.2) is 59.5 Å². The molecule has 0 fully saturated rings. The third kappa shape index (κ3) is 6.26. The van der Waals surface area contributed by atoms with Gasteiger partial charge in [0, 0.05) is 22.5 Å². The number of hydrogen-bond acceptors (Lipinski definition) is 8. The van der Waals surface area contributed by atoms with Crippen LogP contribution in [0.25, 0.3) is 10.8 Å². The Morgan fingerprint density at radius 1 is 0.949 bits per heavy atom. The largest absolute Gasteiger partial charge is 0.496 e. The maximum absolute atomic E-state index is 14.0. The second kappa shape index (κ2) is 12.5. The van der Waals surface area contributed by atoms with Gasteiger partial charge in [-0.15, -0.1) is 6.42 Å². The highest BCUT2D eigenvalue weighted by atomic mass is 32.2. The third-order valence-electron chi connectivity index (χ3n) is 6.39. The number of sulfonamides is 1. The predicted octanol–water partition coefficient (Wildman–Crippen LogP) is 3.92. The van der Waals surface area contributed by atoms with Crippen molar-refractivity contribution in [3.63, 3.8) is 0 Å². The Kier molecular flexibility index (Phi) is 9.43. The van der Waals surface area contributed by atoms with E-state index in [9.17, 15) is 18.0 Å². The van der Waals surface area contributed by atoms with Gasteiger partial charge >= 0.3 is 11.9 Å². The maximum atomic E-state index is 14.0. The standard InChI is InChI=1S/C29H32N2O7S/c1-7-16-30(21(3)18-28(32)37-5)25-13-14-26(24-11-9-8-10-23(24)25)31(19-29(33)38-6)39(34,35)22-12-15-27(36-4)20(2)17-22/h1,8-15,17,21H,16,18-19H2,2-6H3/t21-/m0/s1. The number of fused-ring (bicyclic) bond motifs is 1. The first kappa shape index (κ1) is 29.3. The minimum atomic E-state index is -4.21. The third-order valence-corrected chi connectivity index (χ3v) is 8.15. The minimum absolute atomic E-state index is 0.00137. The van der Waals surface area contributed by atoms with E-state index in [1.165, 1.54) is 33.5 Å². The fourth-order valence-electron chi connectivity index (χ4n) is 4.37. The highest BCUT2D eigenvalue weighted by Gasteiger charge is 2.30. The van der Waals surface area contributed by atoms with Crippen molar-refractivity contribution in [2.24, 2.45) is 0 Å². The molecule has 0 aliphatic carbocycles. The molecule has 0 amide bonds. The van der Waals surface area contributed by atoms with E-state index in [0.29, 0.717) is 27.8 Å². The van der Waals surface area contributed by atoms with E-state index in [1.807, 2.05) is 24.0 Å². The summed E-state index contributed by atoms with van der Waals surface area (Å²) < 4.78 is 43.9. The number of ether oxygens (including phenoxy) is 3. The molecule has 0 saturated carbocycles. The van der Waals surface area contributed by atoms with Crippen molar-refractivity contribution in [3.05, 3.63) is 60.2 Å². The highest BCUT2D eigenvalue weighted by molar-refractivity contribution is 7.92. The van der Waals surface area contributed by atoms with Crippen LogP contribution in [0, 0.1) is 19.3 Å². The Labute approximate surface area is 229 Å². The maximum Gasteiger partial charge on any atom is 0.326 e. The van der Waals surface area contributed by atoms with E-state index >= 15 is 0 Å². The lowest BCUT2D eigenvalue weighted by Gasteiger charge is -2.32. The lowest BCUT2D eigenvalue weighted by Crippen LogP contribution is -2.37. The zero-order valence-electron chi connectivity index (χ0n) is 22.6. The number of benzene rings is 3. The number of methoxy groups -OCH3 is 3. The summed E-state index contributed by atoms with van der Waals surface area (Å²) in [5, 5.41) is 1.26. The van der Waals surface area contributed by atoms with Gasteiger partial charge in [0.15, 0.2) is 0 Å². The summed E-state index contributed by atoms with van der Waals surface area (Å²) in [4.78, 5) is 26.3. The Balaban J connectivity index is 2.22. The van der Waals surface area contributed by atoms with Crippen LogP contribution >= 0.6 is 0 Å². The molecule has 0 aliphatic rings. The number of hydrogen-bond donors (Lipinski definition) is 0. The van der Waals surface area contributed by atoms with Gasteiger partial charge in [-0.25, -0.2) is 8.42 Å². The molecule has 0 aliphatic heterocycles. The van der Waals surface area contributed by atoms with Gasteiger partial charge in [-0.1, -0.05) is 30.2 Å². The Hall–Kier alpha value is -4.23. The second-order valence-electron chi connectivity index (χ2n) is 8.83. The summed E-state index contributed by atoms with van der Waals surface area (Å²) in [6, 6.07) is 14.8. The van der Waals surface area contributed by atoms with Crippen molar-refractivity contribution in [3.8, 4) is 18.1 Å². The topological polar surface area (TPSA) is 102 Å². The molecule has 3 aromatic rings. The zero-order chi connectivity index (χ0) is 28.7. The molecule has 3 rings (SSSR count). The molecule has 10 heteroatoms. The molecule has 0 heterocycles. The average molecular weight is 553 g/mol. The molecule has 0 spiro atoms. The molecule has 0 radical (unpaired) electrons. The number of carbonyl (C=O) groups is 2. The van der Waals surface area contributed by atoms with Crippen LogP contribution in [0.2, 0.25) is 0 Å². The summed E-state index contributed by atoms with van der Waals surface area (Å²) >= 11 is 0. The number of anilines is 2. The van der Waals surface area contributed by atoms with Crippen molar-refractivity contribution < 1.29 is 32.2 Å². The molecular weight excluding hydrogens is 520 g/mol. The number of nitrogens with zero attached hydrogens (tertiary/aromatic N) is 2. The first-order chi connectivity index (χ1) is 18.6. The first-order valence-corrected chi connectivity index (χ1v) is 13.6. The zero-order valence-corrected chi connectivity index (χ0v) is 23.4. The second-order valence-corrected chi connectivity index (χ2v) is 10.7. The average Bonchev–Trinajstić information content (AvgIpc) is 2.93. The Morgan fingerprint density at radius 2 is 1.56 bits per heavy atom. The minimum Gasteiger partial charge on any atom is -0.496 e. The molecule has 9 nitrogen and oxygen atoms in total.